The second-order valence-electron chi connectivity index (χ2n) is 6.43. The summed E-state index contributed by atoms with van der Waals surface area (Å²) in [5.41, 5.74) is 0.210. The first-order valence-corrected chi connectivity index (χ1v) is 8.69. The highest BCUT2D eigenvalue weighted by Crippen LogP contribution is 2.29. The van der Waals surface area contributed by atoms with Gasteiger partial charge in [-0.2, -0.15) is 18.3 Å². The number of hydrogen-bond acceptors (Lipinski definition) is 4. The van der Waals surface area contributed by atoms with Crippen LogP contribution in [0.25, 0.3) is 5.69 Å². The fourth-order valence-corrected chi connectivity index (χ4v) is 2.84. The van der Waals surface area contributed by atoms with Crippen LogP contribution in [0.15, 0.2) is 36.7 Å². The first kappa shape index (κ1) is 20.0. The summed E-state index contributed by atoms with van der Waals surface area (Å²) < 4.78 is 39.3. The average molecular weight is 390 g/mol. The molecule has 0 radical (unpaired) electrons. The van der Waals surface area contributed by atoms with E-state index in [0.717, 1.165) is 12.1 Å². The van der Waals surface area contributed by atoms with Gasteiger partial charge in [0.1, 0.15) is 0 Å². The van der Waals surface area contributed by atoms with Gasteiger partial charge in [0.2, 0.25) is 0 Å². The van der Waals surface area contributed by atoms with Gasteiger partial charge in [0.15, 0.2) is 0 Å². The summed E-state index contributed by atoms with van der Waals surface area (Å²) in [6.07, 6.45) is -1.39. The van der Waals surface area contributed by atoms with Crippen LogP contribution in [0.1, 0.15) is 11.1 Å². The summed E-state index contributed by atoms with van der Waals surface area (Å²) in [6, 6.07) is 4.61. The molecule has 1 fully saturated rings. The number of nitrogens with zero attached hydrogens (tertiary/aromatic N) is 4. The molecule has 10 heteroatoms. The van der Waals surface area contributed by atoms with Crippen LogP contribution in [0.3, 0.4) is 0 Å². The monoisotopic (exact) mass is 390 g/mol. The molecule has 28 heavy (non-hydrogen) atoms. The van der Waals surface area contributed by atoms with Crippen LogP contribution < -0.4 is 0 Å². The normalized spacial score (nSPS) is 15.1. The zero-order valence-electron chi connectivity index (χ0n) is 15.1. The third-order valence-corrected chi connectivity index (χ3v) is 4.49. The Bertz CT molecular complexity index is 892. The minimum absolute atomic E-state index is 0.312. The van der Waals surface area contributed by atoms with Crippen LogP contribution in [-0.4, -0.2) is 63.7 Å². The highest BCUT2D eigenvalue weighted by molar-refractivity contribution is 6.45. The molecule has 2 aromatic rings. The fraction of sp³-hybridized carbons (Fsp3) is 0.333. The van der Waals surface area contributed by atoms with Crippen LogP contribution in [0, 0.1) is 11.8 Å². The zero-order chi connectivity index (χ0) is 20.3. The molecule has 0 bridgehead atoms. The maximum absolute atomic E-state index is 12.6. The molecule has 1 N–H and O–H groups in total. The molecule has 2 heterocycles. The number of carbonyl (C=O) groups excluding carboxylic acids is 1. The second kappa shape index (κ2) is 8.08. The van der Waals surface area contributed by atoms with Crippen LogP contribution in [0.4, 0.5) is 13.2 Å². The van der Waals surface area contributed by atoms with Crippen molar-refractivity contribution < 1.29 is 23.0 Å². The quantitative estimate of drug-likeness (QED) is 0.624. The van der Waals surface area contributed by atoms with Crippen molar-refractivity contribution in [3.8, 4) is 17.5 Å². The lowest BCUT2D eigenvalue weighted by atomic mass is 9.84. The van der Waals surface area contributed by atoms with E-state index in [4.69, 9.17) is 0 Å². The molecule has 1 aliphatic heterocycles. The van der Waals surface area contributed by atoms with Crippen LogP contribution >= 0.6 is 0 Å². The van der Waals surface area contributed by atoms with Gasteiger partial charge in [-0.25, -0.2) is 4.68 Å². The van der Waals surface area contributed by atoms with E-state index in [-0.39, 0.29) is 5.91 Å². The van der Waals surface area contributed by atoms with E-state index in [2.05, 4.69) is 16.9 Å². The molecule has 1 aliphatic rings. The van der Waals surface area contributed by atoms with Crippen molar-refractivity contribution in [2.45, 2.75) is 13.0 Å². The number of hydrogen-bond donors (Lipinski definition) is 1. The Labute approximate surface area is 160 Å². The maximum atomic E-state index is 12.6. The molecular weight excluding hydrogens is 372 g/mol. The predicted molar refractivity (Wildman–Crippen MR) is 97.4 cm³/mol. The predicted octanol–water partition coefficient (Wildman–Crippen LogP) is 1.50. The standard InChI is InChI=1S/C18H18BF3N4O2/c1-19(28)25-10-8-24(9-11-25)17(27)7-2-14-12-23-26(13-14)16-5-3-15(4-6-16)18(20,21)22/h3-6,12-13,28H,8-11H2,1H3. The topological polar surface area (TPSA) is 61.6 Å². The number of alkyl halides is 3. The van der Waals surface area contributed by atoms with Gasteiger partial charge in [-0.05, 0) is 31.1 Å². The van der Waals surface area contributed by atoms with Crippen molar-refractivity contribution in [2.75, 3.05) is 26.2 Å². The van der Waals surface area contributed by atoms with Gasteiger partial charge in [0.25, 0.3) is 5.91 Å². The van der Waals surface area contributed by atoms with Crippen LogP contribution in [0.2, 0.25) is 6.82 Å². The fourth-order valence-electron chi connectivity index (χ4n) is 2.84. The van der Waals surface area contributed by atoms with Gasteiger partial charge in [-0.1, -0.05) is 5.92 Å². The highest BCUT2D eigenvalue weighted by Gasteiger charge is 2.30. The number of piperazine rings is 1. The van der Waals surface area contributed by atoms with E-state index in [1.807, 2.05) is 4.81 Å². The number of aromatic nitrogens is 2. The van der Waals surface area contributed by atoms with Crippen molar-refractivity contribution >= 4 is 13.0 Å². The molecule has 0 atom stereocenters. The summed E-state index contributed by atoms with van der Waals surface area (Å²) in [5.74, 6) is 4.98. The molecule has 6 nitrogen and oxygen atoms in total. The summed E-state index contributed by atoms with van der Waals surface area (Å²) >= 11 is 0. The number of benzene rings is 1. The lowest BCUT2D eigenvalue weighted by molar-refractivity contribution is -0.137. The molecule has 0 saturated carbocycles. The molecular formula is C18H18BF3N4O2. The Balaban J connectivity index is 1.63. The Morgan fingerprint density at radius 3 is 2.39 bits per heavy atom. The molecule has 1 aromatic heterocycles. The van der Waals surface area contributed by atoms with E-state index >= 15 is 0 Å². The number of halogens is 3. The molecule has 0 unspecified atom stereocenters. The third-order valence-electron chi connectivity index (χ3n) is 4.49. The van der Waals surface area contributed by atoms with E-state index in [1.54, 1.807) is 17.9 Å². The summed E-state index contributed by atoms with van der Waals surface area (Å²) in [7, 11) is -0.542. The van der Waals surface area contributed by atoms with Gasteiger partial charge < -0.3 is 14.7 Å². The van der Waals surface area contributed by atoms with Crippen molar-refractivity contribution in [3.05, 3.63) is 47.8 Å². The lowest BCUT2D eigenvalue weighted by Crippen LogP contribution is -2.52. The van der Waals surface area contributed by atoms with Gasteiger partial charge in [-0.3, -0.25) is 4.79 Å². The Kier molecular flexibility index (Phi) is 5.77. The minimum atomic E-state index is -4.39. The Morgan fingerprint density at radius 1 is 1.18 bits per heavy atom. The smallest absolute Gasteiger partial charge is 0.416 e. The van der Waals surface area contributed by atoms with Crippen molar-refractivity contribution in [2.24, 2.45) is 0 Å². The molecule has 1 aromatic carbocycles. The van der Waals surface area contributed by atoms with Gasteiger partial charge in [0, 0.05) is 38.3 Å². The number of rotatable bonds is 2. The lowest BCUT2D eigenvalue weighted by Gasteiger charge is -2.34. The van der Waals surface area contributed by atoms with Crippen LogP contribution in [0.5, 0.6) is 0 Å². The summed E-state index contributed by atoms with van der Waals surface area (Å²) in [5, 5.41) is 13.6. The number of amides is 1. The van der Waals surface area contributed by atoms with Gasteiger partial charge in [0.05, 0.1) is 23.0 Å². The molecule has 3 rings (SSSR count). The summed E-state index contributed by atoms with van der Waals surface area (Å²) in [6.45, 7) is 3.83. The molecule has 0 spiro atoms. The maximum Gasteiger partial charge on any atom is 0.416 e. The van der Waals surface area contributed by atoms with E-state index in [0.29, 0.717) is 37.4 Å². The molecule has 0 aliphatic carbocycles. The van der Waals surface area contributed by atoms with E-state index in [1.165, 1.54) is 23.0 Å². The largest absolute Gasteiger partial charge is 0.437 e. The highest BCUT2D eigenvalue weighted by atomic mass is 19.4. The first-order chi connectivity index (χ1) is 13.2. The second-order valence-corrected chi connectivity index (χ2v) is 6.43. The van der Waals surface area contributed by atoms with Crippen LogP contribution in [-0.2, 0) is 11.0 Å². The third kappa shape index (κ3) is 4.74. The van der Waals surface area contributed by atoms with Crippen molar-refractivity contribution in [1.82, 2.24) is 19.5 Å². The van der Waals surface area contributed by atoms with E-state index in [9.17, 15) is 23.0 Å². The Morgan fingerprint density at radius 2 is 1.82 bits per heavy atom. The first-order valence-electron chi connectivity index (χ1n) is 8.69. The van der Waals surface area contributed by atoms with Gasteiger partial charge in [-0.15, -0.1) is 0 Å². The Hall–Kier alpha value is -2.77. The van der Waals surface area contributed by atoms with Crippen molar-refractivity contribution in [3.63, 3.8) is 0 Å². The molecule has 1 amide bonds. The average Bonchev–Trinajstić information content (AvgIpc) is 3.14. The summed E-state index contributed by atoms with van der Waals surface area (Å²) in [4.78, 5) is 15.7. The zero-order valence-corrected chi connectivity index (χ0v) is 15.1. The number of carbonyl (C=O) groups is 1. The van der Waals surface area contributed by atoms with E-state index < -0.39 is 18.8 Å². The van der Waals surface area contributed by atoms with Crippen molar-refractivity contribution in [1.29, 1.82) is 0 Å². The SMILES string of the molecule is CB(O)N1CCN(C(=O)C#Cc2cnn(-c3ccc(C(F)(F)F)cc3)c2)CC1. The molecule has 146 valence electrons. The minimum Gasteiger partial charge on any atom is -0.437 e. The molecule has 1 saturated heterocycles. The van der Waals surface area contributed by atoms with Gasteiger partial charge >= 0.3 is 13.2 Å².